The third-order valence-electron chi connectivity index (χ3n) is 3.09. The molecule has 2 aromatic carbocycles. The Hall–Kier alpha value is -1.71. The van der Waals surface area contributed by atoms with Crippen molar-refractivity contribution in [3.05, 3.63) is 58.6 Å². The predicted molar refractivity (Wildman–Crippen MR) is 81.5 cm³/mol. The molecule has 106 valence electrons. The lowest BCUT2D eigenvalue weighted by atomic mass is 10.2. The van der Waals surface area contributed by atoms with Crippen molar-refractivity contribution in [1.82, 2.24) is 5.32 Å². The zero-order chi connectivity index (χ0) is 14.4. The Morgan fingerprint density at radius 1 is 0.950 bits per heavy atom. The van der Waals surface area contributed by atoms with Gasteiger partial charge in [-0.3, -0.25) is 0 Å². The van der Waals surface area contributed by atoms with E-state index >= 15 is 0 Å². The second kappa shape index (κ2) is 7.17. The van der Waals surface area contributed by atoms with Gasteiger partial charge < -0.3 is 14.8 Å². The van der Waals surface area contributed by atoms with Gasteiger partial charge in [-0.15, -0.1) is 0 Å². The Bertz CT molecular complexity index is 555. The van der Waals surface area contributed by atoms with Crippen LogP contribution in [0.4, 0.5) is 0 Å². The van der Waals surface area contributed by atoms with E-state index in [9.17, 15) is 0 Å². The second-order valence-electron chi connectivity index (χ2n) is 4.37. The van der Waals surface area contributed by atoms with E-state index in [1.54, 1.807) is 14.2 Å². The molecule has 0 fully saturated rings. The Balaban J connectivity index is 1.95. The Morgan fingerprint density at radius 2 is 1.70 bits per heavy atom. The van der Waals surface area contributed by atoms with Crippen LogP contribution in [0.1, 0.15) is 11.1 Å². The van der Waals surface area contributed by atoms with Gasteiger partial charge in [0.05, 0.1) is 14.2 Å². The zero-order valence-corrected chi connectivity index (χ0v) is 12.4. The first-order valence-electron chi connectivity index (χ1n) is 6.39. The van der Waals surface area contributed by atoms with E-state index in [-0.39, 0.29) is 0 Å². The maximum atomic E-state index is 6.19. The molecule has 0 aromatic heterocycles. The van der Waals surface area contributed by atoms with Crippen LogP contribution in [-0.2, 0) is 13.1 Å². The monoisotopic (exact) mass is 291 g/mol. The van der Waals surface area contributed by atoms with Crippen molar-refractivity contribution in [3.63, 3.8) is 0 Å². The second-order valence-corrected chi connectivity index (χ2v) is 4.78. The number of benzene rings is 2. The summed E-state index contributed by atoms with van der Waals surface area (Å²) in [6, 6.07) is 13.6. The Labute approximate surface area is 124 Å². The lowest BCUT2D eigenvalue weighted by Gasteiger charge is -2.11. The summed E-state index contributed by atoms with van der Waals surface area (Å²) in [5.74, 6) is 1.67. The summed E-state index contributed by atoms with van der Waals surface area (Å²) in [7, 11) is 3.32. The lowest BCUT2D eigenvalue weighted by Crippen LogP contribution is -2.13. The number of hydrogen-bond acceptors (Lipinski definition) is 3. The summed E-state index contributed by atoms with van der Waals surface area (Å²) in [5, 5.41) is 4.08. The summed E-state index contributed by atoms with van der Waals surface area (Å²) >= 11 is 6.19. The normalized spacial score (nSPS) is 10.3. The highest BCUT2D eigenvalue weighted by Crippen LogP contribution is 2.26. The van der Waals surface area contributed by atoms with Crippen LogP contribution in [0.2, 0.25) is 5.02 Å². The van der Waals surface area contributed by atoms with Crippen molar-refractivity contribution in [3.8, 4) is 11.5 Å². The Morgan fingerprint density at radius 3 is 2.35 bits per heavy atom. The van der Waals surface area contributed by atoms with Crippen molar-refractivity contribution >= 4 is 11.6 Å². The quantitative estimate of drug-likeness (QED) is 0.881. The molecule has 2 rings (SSSR count). The Kier molecular flexibility index (Phi) is 5.27. The first-order valence-corrected chi connectivity index (χ1v) is 6.77. The fraction of sp³-hybridized carbons (Fsp3) is 0.250. The third-order valence-corrected chi connectivity index (χ3v) is 3.44. The van der Waals surface area contributed by atoms with E-state index in [0.717, 1.165) is 23.6 Å². The summed E-state index contributed by atoms with van der Waals surface area (Å²) in [6.45, 7) is 1.42. The molecule has 0 aliphatic carbocycles. The minimum absolute atomic E-state index is 0.662. The van der Waals surface area contributed by atoms with Crippen LogP contribution in [0.5, 0.6) is 11.5 Å². The van der Waals surface area contributed by atoms with Crippen LogP contribution in [-0.4, -0.2) is 14.2 Å². The molecule has 0 saturated carbocycles. The minimum Gasteiger partial charge on any atom is -0.497 e. The first kappa shape index (κ1) is 14.7. The molecule has 0 aliphatic rings. The van der Waals surface area contributed by atoms with Gasteiger partial charge in [-0.05, 0) is 29.8 Å². The molecule has 0 atom stereocenters. The van der Waals surface area contributed by atoms with E-state index in [2.05, 4.69) is 5.32 Å². The molecule has 20 heavy (non-hydrogen) atoms. The highest BCUT2D eigenvalue weighted by molar-refractivity contribution is 6.31. The smallest absolute Gasteiger partial charge is 0.124 e. The molecule has 3 nitrogen and oxygen atoms in total. The van der Waals surface area contributed by atoms with E-state index in [0.29, 0.717) is 11.6 Å². The highest BCUT2D eigenvalue weighted by Gasteiger charge is 2.06. The maximum Gasteiger partial charge on any atom is 0.124 e. The van der Waals surface area contributed by atoms with Gasteiger partial charge in [-0.2, -0.15) is 0 Å². The maximum absolute atomic E-state index is 6.19. The summed E-state index contributed by atoms with van der Waals surface area (Å²) in [4.78, 5) is 0. The minimum atomic E-state index is 0.662. The number of ether oxygens (including phenoxy) is 2. The number of methoxy groups -OCH3 is 2. The average molecular weight is 292 g/mol. The molecule has 0 heterocycles. The predicted octanol–water partition coefficient (Wildman–Crippen LogP) is 3.65. The SMILES string of the molecule is COc1ccc(CNCc2c(Cl)cccc2OC)cc1. The van der Waals surface area contributed by atoms with E-state index in [1.165, 1.54) is 5.56 Å². The number of hydrogen-bond donors (Lipinski definition) is 1. The van der Waals surface area contributed by atoms with E-state index in [1.807, 2.05) is 42.5 Å². The first-order chi connectivity index (χ1) is 9.74. The molecular weight excluding hydrogens is 274 g/mol. The van der Waals surface area contributed by atoms with Crippen LogP contribution in [0.15, 0.2) is 42.5 Å². The summed E-state index contributed by atoms with van der Waals surface area (Å²) < 4.78 is 10.5. The van der Waals surface area contributed by atoms with Gasteiger partial charge in [-0.1, -0.05) is 29.8 Å². The number of nitrogens with one attached hydrogen (secondary N) is 1. The van der Waals surface area contributed by atoms with Gasteiger partial charge in [0, 0.05) is 23.7 Å². The zero-order valence-electron chi connectivity index (χ0n) is 11.7. The topological polar surface area (TPSA) is 30.5 Å². The van der Waals surface area contributed by atoms with Gasteiger partial charge >= 0.3 is 0 Å². The highest BCUT2D eigenvalue weighted by atomic mass is 35.5. The van der Waals surface area contributed by atoms with Crippen LogP contribution in [0.3, 0.4) is 0 Å². The molecule has 2 aromatic rings. The molecule has 0 aliphatic heterocycles. The molecule has 0 saturated heterocycles. The number of halogens is 1. The van der Waals surface area contributed by atoms with E-state index in [4.69, 9.17) is 21.1 Å². The summed E-state index contributed by atoms with van der Waals surface area (Å²) in [6.07, 6.45) is 0. The fourth-order valence-corrected chi connectivity index (χ4v) is 2.21. The van der Waals surface area contributed by atoms with Gasteiger partial charge in [0.15, 0.2) is 0 Å². The van der Waals surface area contributed by atoms with Crippen LogP contribution >= 0.6 is 11.6 Å². The van der Waals surface area contributed by atoms with Gasteiger partial charge in [0.1, 0.15) is 11.5 Å². The fourth-order valence-electron chi connectivity index (χ4n) is 1.98. The van der Waals surface area contributed by atoms with Crippen molar-refractivity contribution in [2.24, 2.45) is 0 Å². The van der Waals surface area contributed by atoms with Gasteiger partial charge in [0.25, 0.3) is 0 Å². The molecule has 0 amide bonds. The third kappa shape index (κ3) is 3.65. The van der Waals surface area contributed by atoms with Crippen molar-refractivity contribution in [1.29, 1.82) is 0 Å². The molecule has 0 spiro atoms. The molecular formula is C16H18ClNO2. The molecule has 4 heteroatoms. The van der Waals surface area contributed by atoms with Gasteiger partial charge in [-0.25, -0.2) is 0 Å². The van der Waals surface area contributed by atoms with Crippen molar-refractivity contribution in [2.75, 3.05) is 14.2 Å². The number of rotatable bonds is 6. The van der Waals surface area contributed by atoms with Crippen LogP contribution in [0, 0.1) is 0 Å². The van der Waals surface area contributed by atoms with Crippen LogP contribution < -0.4 is 14.8 Å². The van der Waals surface area contributed by atoms with Crippen molar-refractivity contribution in [2.45, 2.75) is 13.1 Å². The molecule has 0 bridgehead atoms. The van der Waals surface area contributed by atoms with Crippen molar-refractivity contribution < 1.29 is 9.47 Å². The average Bonchev–Trinajstić information content (AvgIpc) is 2.49. The van der Waals surface area contributed by atoms with E-state index < -0.39 is 0 Å². The lowest BCUT2D eigenvalue weighted by molar-refractivity contribution is 0.407. The standard InChI is InChI=1S/C16H18ClNO2/c1-19-13-8-6-12(7-9-13)10-18-11-14-15(17)4-3-5-16(14)20-2/h3-9,18H,10-11H2,1-2H3. The van der Waals surface area contributed by atoms with Crippen LogP contribution in [0.25, 0.3) is 0 Å². The van der Waals surface area contributed by atoms with Gasteiger partial charge in [0.2, 0.25) is 0 Å². The molecule has 0 radical (unpaired) electrons. The summed E-state index contributed by atoms with van der Waals surface area (Å²) in [5.41, 5.74) is 2.17. The molecule has 0 unspecified atom stereocenters. The molecule has 1 N–H and O–H groups in total. The largest absolute Gasteiger partial charge is 0.497 e.